The van der Waals surface area contributed by atoms with E-state index in [1.54, 1.807) is 29.2 Å². The largest absolute Gasteiger partial charge is 0.351 e. The Morgan fingerprint density at radius 1 is 1.03 bits per heavy atom. The van der Waals surface area contributed by atoms with Gasteiger partial charge in [0.25, 0.3) is 0 Å². The molecule has 3 aromatic rings. The van der Waals surface area contributed by atoms with Gasteiger partial charge in [0.1, 0.15) is 0 Å². The molecular weight excluding hydrogens is 424 g/mol. The average Bonchev–Trinajstić information content (AvgIpc) is 3.11. The number of carbonyl (C=O) groups excluding carboxylic acids is 1. The molecule has 0 aliphatic carbocycles. The Morgan fingerprint density at radius 2 is 1.77 bits per heavy atom. The number of benzene rings is 2. The van der Waals surface area contributed by atoms with Crippen LogP contribution < -0.4 is 5.32 Å². The fraction of sp³-hybridized carbons (Fsp3) is 0.286. The highest BCUT2D eigenvalue weighted by atomic mass is 35.5. The molecule has 2 amide bonds. The highest BCUT2D eigenvalue weighted by molar-refractivity contribution is 7.89. The van der Waals surface area contributed by atoms with E-state index in [1.165, 1.54) is 4.31 Å². The van der Waals surface area contributed by atoms with Gasteiger partial charge in [-0.15, -0.1) is 0 Å². The summed E-state index contributed by atoms with van der Waals surface area (Å²) in [4.78, 5) is 14.4. The molecule has 0 unspecified atom stereocenters. The van der Waals surface area contributed by atoms with Crippen molar-refractivity contribution in [1.29, 1.82) is 0 Å². The van der Waals surface area contributed by atoms with Gasteiger partial charge >= 0.3 is 6.03 Å². The molecule has 9 heteroatoms. The molecule has 1 N–H and O–H groups in total. The van der Waals surface area contributed by atoms with Gasteiger partial charge in [0.15, 0.2) is 0 Å². The molecule has 0 spiro atoms. The molecule has 2 heterocycles. The molecule has 0 bridgehead atoms. The van der Waals surface area contributed by atoms with Gasteiger partial charge in [-0.05, 0) is 48.9 Å². The number of amides is 2. The predicted octanol–water partition coefficient (Wildman–Crippen LogP) is 3.68. The minimum absolute atomic E-state index is 0.247. The number of rotatable bonds is 3. The number of anilines is 1. The number of hydrogen-bond donors (Lipinski definition) is 1. The lowest BCUT2D eigenvalue weighted by Crippen LogP contribution is -2.51. The maximum absolute atomic E-state index is 13.1. The quantitative estimate of drug-likeness (QED) is 0.666. The second kappa shape index (κ2) is 7.94. The smallest absolute Gasteiger partial charge is 0.321 e. The second-order valence-corrected chi connectivity index (χ2v) is 9.78. The third kappa shape index (κ3) is 3.90. The van der Waals surface area contributed by atoms with Crippen molar-refractivity contribution in [2.45, 2.75) is 11.8 Å². The number of urea groups is 1. The Hall–Kier alpha value is -2.55. The topological polar surface area (TPSA) is 74.7 Å². The van der Waals surface area contributed by atoms with E-state index >= 15 is 0 Å². The van der Waals surface area contributed by atoms with E-state index < -0.39 is 10.0 Å². The summed E-state index contributed by atoms with van der Waals surface area (Å²) in [5, 5.41) is 4.28. The van der Waals surface area contributed by atoms with Crippen LogP contribution in [0.3, 0.4) is 0 Å². The number of aromatic nitrogens is 1. The first-order chi connectivity index (χ1) is 14.3. The minimum Gasteiger partial charge on any atom is -0.351 e. The fourth-order valence-corrected chi connectivity index (χ4v) is 5.21. The molecule has 0 radical (unpaired) electrons. The normalized spacial score (nSPS) is 15.5. The molecule has 158 valence electrons. The summed E-state index contributed by atoms with van der Waals surface area (Å²) in [6, 6.07) is 12.1. The van der Waals surface area contributed by atoms with Gasteiger partial charge in [-0.1, -0.05) is 17.7 Å². The first-order valence-electron chi connectivity index (χ1n) is 9.63. The first kappa shape index (κ1) is 20.7. The summed E-state index contributed by atoms with van der Waals surface area (Å²) in [7, 11) is -1.69. The highest BCUT2D eigenvalue weighted by Gasteiger charge is 2.30. The Kier molecular flexibility index (Phi) is 5.48. The molecule has 2 aromatic carbocycles. The number of fused-ring (bicyclic) bond motifs is 1. The van der Waals surface area contributed by atoms with Crippen molar-refractivity contribution in [2.24, 2.45) is 7.05 Å². The highest BCUT2D eigenvalue weighted by Crippen LogP contribution is 2.24. The van der Waals surface area contributed by atoms with Crippen LogP contribution in [0.1, 0.15) is 5.56 Å². The molecule has 0 saturated carbocycles. The Balaban J connectivity index is 1.42. The zero-order chi connectivity index (χ0) is 21.5. The molecule has 1 aliphatic rings. The number of hydrogen-bond acceptors (Lipinski definition) is 3. The Morgan fingerprint density at radius 3 is 2.47 bits per heavy atom. The minimum atomic E-state index is -3.61. The number of nitrogens with one attached hydrogen (secondary N) is 1. The van der Waals surface area contributed by atoms with Crippen molar-refractivity contribution < 1.29 is 13.2 Å². The lowest BCUT2D eigenvalue weighted by molar-refractivity contribution is 0.184. The number of carbonyl (C=O) groups is 1. The number of nitrogens with zero attached hydrogens (tertiary/aromatic N) is 3. The van der Waals surface area contributed by atoms with E-state index in [0.29, 0.717) is 23.8 Å². The Labute approximate surface area is 180 Å². The molecule has 1 fully saturated rings. The van der Waals surface area contributed by atoms with Crippen molar-refractivity contribution in [1.82, 2.24) is 13.8 Å². The van der Waals surface area contributed by atoms with Gasteiger partial charge in [-0.2, -0.15) is 4.31 Å². The lowest BCUT2D eigenvalue weighted by atomic mass is 10.2. The molecule has 1 saturated heterocycles. The van der Waals surface area contributed by atoms with E-state index in [9.17, 15) is 13.2 Å². The van der Waals surface area contributed by atoms with E-state index in [-0.39, 0.29) is 24.0 Å². The standard InChI is InChI=1S/C21H23ClN4O3S/c1-15-3-4-17(14-19(15)22)23-21(27)25-9-11-26(12-10-25)30(28,29)18-5-6-20-16(13-18)7-8-24(20)2/h3-8,13-14H,9-12H2,1-2H3,(H,23,27). The van der Waals surface area contributed by atoms with Crippen molar-refractivity contribution >= 4 is 44.2 Å². The zero-order valence-electron chi connectivity index (χ0n) is 16.8. The molecule has 0 atom stereocenters. The maximum Gasteiger partial charge on any atom is 0.321 e. The van der Waals surface area contributed by atoms with Gasteiger partial charge < -0.3 is 14.8 Å². The van der Waals surface area contributed by atoms with Crippen LogP contribution in [0.5, 0.6) is 0 Å². The SMILES string of the molecule is Cc1ccc(NC(=O)N2CCN(S(=O)(=O)c3ccc4c(ccn4C)c3)CC2)cc1Cl. The van der Waals surface area contributed by atoms with Gasteiger partial charge in [-0.25, -0.2) is 13.2 Å². The van der Waals surface area contributed by atoms with Crippen LogP contribution in [0, 0.1) is 6.92 Å². The molecule has 4 rings (SSSR count). The summed E-state index contributed by atoms with van der Waals surface area (Å²) in [6.07, 6.45) is 1.90. The van der Waals surface area contributed by atoms with E-state index in [1.807, 2.05) is 42.9 Å². The van der Waals surface area contributed by atoms with Crippen molar-refractivity contribution in [3.05, 3.63) is 59.2 Å². The summed E-state index contributed by atoms with van der Waals surface area (Å²) >= 11 is 6.11. The van der Waals surface area contributed by atoms with Crippen LogP contribution in [0.15, 0.2) is 53.6 Å². The summed E-state index contributed by atoms with van der Waals surface area (Å²) in [6.45, 7) is 3.02. The van der Waals surface area contributed by atoms with E-state index in [0.717, 1.165) is 16.5 Å². The number of piperazine rings is 1. The second-order valence-electron chi connectivity index (χ2n) is 7.43. The molecule has 1 aromatic heterocycles. The third-order valence-corrected chi connectivity index (χ3v) is 7.75. The fourth-order valence-electron chi connectivity index (χ4n) is 3.57. The van der Waals surface area contributed by atoms with Crippen LogP contribution in [-0.4, -0.2) is 54.4 Å². The number of halogens is 1. The van der Waals surface area contributed by atoms with Crippen molar-refractivity contribution in [3.63, 3.8) is 0 Å². The van der Waals surface area contributed by atoms with Crippen LogP contribution in [0.25, 0.3) is 10.9 Å². The Bertz CT molecular complexity index is 1210. The van der Waals surface area contributed by atoms with Gasteiger partial charge in [0.05, 0.1) is 4.90 Å². The van der Waals surface area contributed by atoms with E-state index in [2.05, 4.69) is 5.32 Å². The van der Waals surface area contributed by atoms with Crippen LogP contribution in [0.4, 0.5) is 10.5 Å². The average molecular weight is 447 g/mol. The predicted molar refractivity (Wildman–Crippen MR) is 118 cm³/mol. The molecule has 1 aliphatic heterocycles. The zero-order valence-corrected chi connectivity index (χ0v) is 18.4. The van der Waals surface area contributed by atoms with E-state index in [4.69, 9.17) is 11.6 Å². The first-order valence-corrected chi connectivity index (χ1v) is 11.4. The maximum atomic E-state index is 13.1. The number of aryl methyl sites for hydroxylation is 2. The summed E-state index contributed by atoms with van der Waals surface area (Å²) in [5.74, 6) is 0. The van der Waals surface area contributed by atoms with Crippen LogP contribution in [-0.2, 0) is 17.1 Å². The van der Waals surface area contributed by atoms with Crippen molar-refractivity contribution in [2.75, 3.05) is 31.5 Å². The van der Waals surface area contributed by atoms with Crippen LogP contribution in [0.2, 0.25) is 5.02 Å². The van der Waals surface area contributed by atoms with Gasteiger partial charge in [0, 0.05) is 61.0 Å². The van der Waals surface area contributed by atoms with Crippen LogP contribution >= 0.6 is 11.6 Å². The van der Waals surface area contributed by atoms with Gasteiger partial charge in [0.2, 0.25) is 10.0 Å². The molecule has 30 heavy (non-hydrogen) atoms. The molecule has 7 nitrogen and oxygen atoms in total. The van der Waals surface area contributed by atoms with Gasteiger partial charge in [-0.3, -0.25) is 0 Å². The third-order valence-electron chi connectivity index (χ3n) is 5.44. The summed E-state index contributed by atoms with van der Waals surface area (Å²) < 4.78 is 29.5. The van der Waals surface area contributed by atoms with Crippen molar-refractivity contribution in [3.8, 4) is 0 Å². The lowest BCUT2D eigenvalue weighted by Gasteiger charge is -2.34. The molecular formula is C21H23ClN4O3S. The monoisotopic (exact) mass is 446 g/mol. The summed E-state index contributed by atoms with van der Waals surface area (Å²) in [5.41, 5.74) is 2.52. The number of sulfonamides is 1.